The number of anilines is 1. The summed E-state index contributed by atoms with van der Waals surface area (Å²) in [5.74, 6) is 2.78. The Morgan fingerprint density at radius 2 is 1.86 bits per heavy atom. The van der Waals surface area contributed by atoms with Gasteiger partial charge in [0.1, 0.15) is 5.82 Å². The van der Waals surface area contributed by atoms with Gasteiger partial charge in [0, 0.05) is 47.4 Å². The summed E-state index contributed by atoms with van der Waals surface area (Å²) in [5, 5.41) is 4.07. The van der Waals surface area contributed by atoms with Gasteiger partial charge in [0.2, 0.25) is 11.7 Å². The fraction of sp³-hybridized carbons (Fsp3) is 0.333. The molecule has 1 aliphatic heterocycles. The summed E-state index contributed by atoms with van der Waals surface area (Å²) >= 11 is 2.22. The van der Waals surface area contributed by atoms with E-state index in [9.17, 15) is 4.79 Å². The van der Waals surface area contributed by atoms with Gasteiger partial charge in [-0.3, -0.25) is 4.79 Å². The molecule has 2 aliphatic rings. The Balaban J connectivity index is 1.22. The van der Waals surface area contributed by atoms with Gasteiger partial charge in [-0.25, -0.2) is 4.98 Å². The highest BCUT2D eigenvalue weighted by Gasteiger charge is 2.30. The first kappa shape index (κ1) is 18.5. The van der Waals surface area contributed by atoms with Gasteiger partial charge in [-0.1, -0.05) is 17.3 Å². The topological polar surface area (TPSA) is 75.4 Å². The molecule has 0 N–H and O–H groups in total. The van der Waals surface area contributed by atoms with Crippen molar-refractivity contribution < 1.29 is 9.32 Å². The predicted molar refractivity (Wildman–Crippen MR) is 117 cm³/mol. The molecule has 1 aromatic carbocycles. The first-order valence-electron chi connectivity index (χ1n) is 9.78. The maximum Gasteiger partial charge on any atom is 0.255 e. The number of rotatable bonds is 4. The number of piperazine rings is 1. The minimum Gasteiger partial charge on any atom is -0.353 e. The molecule has 1 saturated heterocycles. The van der Waals surface area contributed by atoms with Gasteiger partial charge < -0.3 is 14.3 Å². The number of benzene rings is 1. The van der Waals surface area contributed by atoms with E-state index in [0.717, 1.165) is 52.3 Å². The molecule has 1 saturated carbocycles. The highest BCUT2D eigenvalue weighted by atomic mass is 127. The molecule has 1 aliphatic carbocycles. The van der Waals surface area contributed by atoms with E-state index in [1.54, 1.807) is 6.20 Å². The van der Waals surface area contributed by atoms with Gasteiger partial charge in [-0.15, -0.1) is 0 Å². The molecule has 2 aromatic heterocycles. The van der Waals surface area contributed by atoms with Gasteiger partial charge in [0.05, 0.1) is 5.56 Å². The Kier molecular flexibility index (Phi) is 4.94. The van der Waals surface area contributed by atoms with E-state index >= 15 is 0 Å². The quantitative estimate of drug-likeness (QED) is 0.509. The minimum absolute atomic E-state index is 0.0986. The molecule has 0 spiro atoms. The number of aromatic nitrogens is 3. The SMILES string of the molecule is O=C(c1ccccc1I)N1CCN(c2ccc(-c3noc(C4CC4)n3)cn2)CC1. The largest absolute Gasteiger partial charge is 0.353 e. The Bertz CT molecular complexity index is 1020. The van der Waals surface area contributed by atoms with Crippen molar-refractivity contribution in [3.63, 3.8) is 0 Å². The number of carbonyl (C=O) groups is 1. The maximum atomic E-state index is 12.8. The monoisotopic (exact) mass is 501 g/mol. The minimum atomic E-state index is 0.0986. The molecule has 0 unspecified atom stereocenters. The van der Waals surface area contributed by atoms with Gasteiger partial charge in [-0.2, -0.15) is 4.98 Å². The molecule has 7 nitrogen and oxygen atoms in total. The van der Waals surface area contributed by atoms with Crippen LogP contribution < -0.4 is 4.90 Å². The summed E-state index contributed by atoms with van der Waals surface area (Å²) in [6, 6.07) is 11.7. The Morgan fingerprint density at radius 3 is 2.55 bits per heavy atom. The van der Waals surface area contributed by atoms with Crippen LogP contribution in [0, 0.1) is 3.57 Å². The molecule has 0 bridgehead atoms. The highest BCUT2D eigenvalue weighted by molar-refractivity contribution is 14.1. The molecular formula is C21H20IN5O2. The molecule has 8 heteroatoms. The Hall–Kier alpha value is -2.49. The van der Waals surface area contributed by atoms with Crippen molar-refractivity contribution in [2.75, 3.05) is 31.1 Å². The van der Waals surface area contributed by atoms with E-state index in [1.165, 1.54) is 0 Å². The lowest BCUT2D eigenvalue weighted by Gasteiger charge is -2.35. The van der Waals surface area contributed by atoms with E-state index in [-0.39, 0.29) is 5.91 Å². The molecule has 3 aromatic rings. The number of hydrogen-bond acceptors (Lipinski definition) is 6. The normalized spacial score (nSPS) is 16.9. The van der Waals surface area contributed by atoms with Crippen molar-refractivity contribution >= 4 is 34.3 Å². The number of amides is 1. The lowest BCUT2D eigenvalue weighted by molar-refractivity contribution is 0.0745. The summed E-state index contributed by atoms with van der Waals surface area (Å²) in [4.78, 5) is 26.0. The van der Waals surface area contributed by atoms with Gasteiger partial charge >= 0.3 is 0 Å². The molecule has 1 amide bonds. The lowest BCUT2D eigenvalue weighted by atomic mass is 10.2. The zero-order chi connectivity index (χ0) is 19.8. The summed E-state index contributed by atoms with van der Waals surface area (Å²) in [6.07, 6.45) is 4.06. The first-order valence-corrected chi connectivity index (χ1v) is 10.9. The molecule has 2 fully saturated rings. The van der Waals surface area contributed by atoms with Crippen LogP contribution >= 0.6 is 22.6 Å². The Labute approximate surface area is 182 Å². The van der Waals surface area contributed by atoms with Crippen LogP contribution in [0.15, 0.2) is 47.1 Å². The maximum absolute atomic E-state index is 12.8. The molecular weight excluding hydrogens is 481 g/mol. The molecule has 148 valence electrons. The second-order valence-corrected chi connectivity index (χ2v) is 8.56. The Morgan fingerprint density at radius 1 is 1.07 bits per heavy atom. The average molecular weight is 501 g/mol. The number of pyridine rings is 1. The third-order valence-electron chi connectivity index (χ3n) is 5.37. The second-order valence-electron chi connectivity index (χ2n) is 7.39. The summed E-state index contributed by atoms with van der Waals surface area (Å²) in [6.45, 7) is 2.89. The third-order valence-corrected chi connectivity index (χ3v) is 6.31. The van der Waals surface area contributed by atoms with E-state index in [0.29, 0.717) is 24.8 Å². The van der Waals surface area contributed by atoms with Crippen LogP contribution in [0.2, 0.25) is 0 Å². The summed E-state index contributed by atoms with van der Waals surface area (Å²) in [5.41, 5.74) is 1.63. The van der Waals surface area contributed by atoms with Gasteiger partial charge in [0.25, 0.3) is 5.91 Å². The predicted octanol–water partition coefficient (Wildman–Crippen LogP) is 3.58. The molecule has 5 rings (SSSR count). The average Bonchev–Trinajstić information content (AvgIpc) is 3.50. The number of halogens is 1. The lowest BCUT2D eigenvalue weighted by Crippen LogP contribution is -2.49. The van der Waals surface area contributed by atoms with E-state index in [4.69, 9.17) is 4.52 Å². The first-order chi connectivity index (χ1) is 14.2. The van der Waals surface area contributed by atoms with E-state index in [1.807, 2.05) is 41.3 Å². The van der Waals surface area contributed by atoms with Crippen molar-refractivity contribution in [2.45, 2.75) is 18.8 Å². The van der Waals surface area contributed by atoms with Gasteiger partial charge in [-0.05, 0) is 59.7 Å². The zero-order valence-electron chi connectivity index (χ0n) is 15.8. The fourth-order valence-corrected chi connectivity index (χ4v) is 4.12. The van der Waals surface area contributed by atoms with Crippen LogP contribution in [0.5, 0.6) is 0 Å². The fourth-order valence-electron chi connectivity index (χ4n) is 3.50. The van der Waals surface area contributed by atoms with Crippen molar-refractivity contribution in [3.05, 3.63) is 57.6 Å². The smallest absolute Gasteiger partial charge is 0.255 e. The van der Waals surface area contributed by atoms with Crippen molar-refractivity contribution in [1.82, 2.24) is 20.0 Å². The van der Waals surface area contributed by atoms with Crippen molar-refractivity contribution in [1.29, 1.82) is 0 Å². The highest BCUT2D eigenvalue weighted by Crippen LogP contribution is 2.39. The molecule has 0 atom stereocenters. The number of hydrogen-bond donors (Lipinski definition) is 0. The number of nitrogens with zero attached hydrogens (tertiary/aromatic N) is 5. The molecule has 0 radical (unpaired) electrons. The van der Waals surface area contributed by atoms with E-state index in [2.05, 4.69) is 42.6 Å². The summed E-state index contributed by atoms with van der Waals surface area (Å²) < 4.78 is 6.32. The van der Waals surface area contributed by atoms with Crippen LogP contribution in [0.1, 0.15) is 35.0 Å². The second kappa shape index (κ2) is 7.74. The molecule has 29 heavy (non-hydrogen) atoms. The summed E-state index contributed by atoms with van der Waals surface area (Å²) in [7, 11) is 0. The van der Waals surface area contributed by atoms with Gasteiger partial charge in [0.15, 0.2) is 0 Å². The molecule has 3 heterocycles. The van der Waals surface area contributed by atoms with Crippen LogP contribution in [0.25, 0.3) is 11.4 Å². The third kappa shape index (κ3) is 3.85. The van der Waals surface area contributed by atoms with Crippen molar-refractivity contribution in [3.8, 4) is 11.4 Å². The van der Waals surface area contributed by atoms with Crippen LogP contribution in [-0.4, -0.2) is 52.1 Å². The number of carbonyl (C=O) groups excluding carboxylic acids is 1. The van der Waals surface area contributed by atoms with Crippen LogP contribution in [-0.2, 0) is 0 Å². The zero-order valence-corrected chi connectivity index (χ0v) is 17.9. The van der Waals surface area contributed by atoms with Crippen molar-refractivity contribution in [2.24, 2.45) is 0 Å². The van der Waals surface area contributed by atoms with Crippen LogP contribution in [0.4, 0.5) is 5.82 Å². The van der Waals surface area contributed by atoms with E-state index < -0.39 is 0 Å². The standard InChI is InChI=1S/C21H20IN5O2/c22-17-4-2-1-3-16(17)21(28)27-11-9-26(10-12-27)18-8-7-15(13-23-18)19-24-20(29-25-19)14-5-6-14/h1-4,7-8,13-14H,5-6,9-12H2. The van der Waals surface area contributed by atoms with Crippen LogP contribution in [0.3, 0.4) is 0 Å².